The third-order valence-corrected chi connectivity index (χ3v) is 5.19. The first-order chi connectivity index (χ1) is 9.13. The van der Waals surface area contributed by atoms with Gasteiger partial charge in [-0.15, -0.1) is 0 Å². The lowest BCUT2D eigenvalue weighted by Gasteiger charge is -2.25. The fourth-order valence-corrected chi connectivity index (χ4v) is 3.87. The molecule has 0 amide bonds. The molecule has 0 atom stereocenters. The van der Waals surface area contributed by atoms with E-state index in [1.54, 1.807) is 12.4 Å². The summed E-state index contributed by atoms with van der Waals surface area (Å²) < 4.78 is 28.1. The Hall–Kier alpha value is -1.67. The fourth-order valence-electron chi connectivity index (χ4n) is 2.30. The van der Waals surface area contributed by atoms with Crippen LogP contribution in [0.4, 0.5) is 0 Å². The van der Waals surface area contributed by atoms with Gasteiger partial charge in [-0.3, -0.25) is 4.68 Å². The maximum atomic E-state index is 12.6. The van der Waals surface area contributed by atoms with E-state index in [2.05, 4.69) is 15.1 Å². The van der Waals surface area contributed by atoms with Crippen molar-refractivity contribution < 1.29 is 8.42 Å². The molecule has 3 heterocycles. The van der Waals surface area contributed by atoms with E-state index in [1.807, 2.05) is 6.92 Å². The van der Waals surface area contributed by atoms with Gasteiger partial charge in [0, 0.05) is 19.5 Å². The molecule has 1 aliphatic heterocycles. The number of aromatic nitrogens is 4. The monoisotopic (exact) mass is 281 g/mol. The van der Waals surface area contributed by atoms with Crippen LogP contribution in [0.2, 0.25) is 0 Å². The molecule has 0 aliphatic carbocycles. The molecule has 2 aromatic heterocycles. The first-order valence-corrected chi connectivity index (χ1v) is 7.60. The van der Waals surface area contributed by atoms with Crippen molar-refractivity contribution in [2.45, 2.75) is 31.5 Å². The van der Waals surface area contributed by atoms with Gasteiger partial charge in [0.25, 0.3) is 10.0 Å². The van der Waals surface area contributed by atoms with E-state index in [-0.39, 0.29) is 5.03 Å². The molecule has 0 fully saturated rings. The molecule has 0 bridgehead atoms. The molecule has 0 aromatic carbocycles. The largest absolute Gasteiger partial charge is 0.347 e. The lowest BCUT2D eigenvalue weighted by Crippen LogP contribution is -2.37. The summed E-state index contributed by atoms with van der Waals surface area (Å²) in [5.74, 6) is 0. The zero-order valence-corrected chi connectivity index (χ0v) is 11.4. The van der Waals surface area contributed by atoms with E-state index in [0.29, 0.717) is 26.1 Å². The van der Waals surface area contributed by atoms with Gasteiger partial charge in [-0.2, -0.15) is 9.40 Å². The highest BCUT2D eigenvalue weighted by molar-refractivity contribution is 7.89. The average Bonchev–Trinajstić information content (AvgIpc) is 3.06. The Labute approximate surface area is 111 Å². The molecule has 0 spiro atoms. The topological polar surface area (TPSA) is 83.9 Å². The number of nitrogens with zero attached hydrogens (tertiary/aromatic N) is 4. The quantitative estimate of drug-likeness (QED) is 0.881. The standard InChI is InChI=1S/C11H15N5O2S/c1-2-16-11(3-5-14-16)19(17,18)15-6-4-9-10(7-15)13-8-12-9/h3,5,8H,2,4,6-7H2,1H3,(H,12,13). The minimum atomic E-state index is -3.50. The van der Waals surface area contributed by atoms with Crippen molar-refractivity contribution in [3.63, 3.8) is 0 Å². The van der Waals surface area contributed by atoms with Crippen molar-refractivity contribution in [2.75, 3.05) is 6.54 Å². The summed E-state index contributed by atoms with van der Waals surface area (Å²) in [4.78, 5) is 7.17. The molecule has 102 valence electrons. The first-order valence-electron chi connectivity index (χ1n) is 6.16. The zero-order chi connectivity index (χ0) is 13.5. The van der Waals surface area contributed by atoms with E-state index >= 15 is 0 Å². The number of aromatic amines is 1. The van der Waals surface area contributed by atoms with Gasteiger partial charge in [-0.25, -0.2) is 13.4 Å². The summed E-state index contributed by atoms with van der Waals surface area (Å²) >= 11 is 0. The predicted octanol–water partition coefficient (Wildman–Crippen LogP) is 0.373. The Balaban J connectivity index is 1.94. The van der Waals surface area contributed by atoms with Crippen LogP contribution in [0.1, 0.15) is 18.3 Å². The number of nitrogens with one attached hydrogen (secondary N) is 1. The SMILES string of the molecule is CCn1nccc1S(=O)(=O)N1CCc2nc[nH]c2C1. The van der Waals surface area contributed by atoms with E-state index in [4.69, 9.17) is 0 Å². The van der Waals surface area contributed by atoms with Crippen LogP contribution >= 0.6 is 0 Å². The fraction of sp³-hybridized carbons (Fsp3) is 0.455. The van der Waals surface area contributed by atoms with Gasteiger partial charge in [0.05, 0.1) is 30.5 Å². The summed E-state index contributed by atoms with van der Waals surface area (Å²) in [7, 11) is -3.50. The first kappa shape index (κ1) is 12.4. The maximum absolute atomic E-state index is 12.6. The second-order valence-electron chi connectivity index (χ2n) is 4.40. The van der Waals surface area contributed by atoms with Crippen LogP contribution in [0.3, 0.4) is 0 Å². The van der Waals surface area contributed by atoms with Crippen LogP contribution in [0.25, 0.3) is 0 Å². The molecule has 0 saturated carbocycles. The number of H-pyrrole nitrogens is 1. The summed E-state index contributed by atoms with van der Waals surface area (Å²) in [6, 6.07) is 1.54. The molecule has 0 saturated heterocycles. The summed E-state index contributed by atoms with van der Waals surface area (Å²) in [5.41, 5.74) is 1.83. The summed E-state index contributed by atoms with van der Waals surface area (Å²) in [6.07, 6.45) is 3.76. The van der Waals surface area contributed by atoms with Crippen LogP contribution in [0.5, 0.6) is 0 Å². The summed E-state index contributed by atoms with van der Waals surface area (Å²) in [5, 5.41) is 4.27. The Kier molecular flexibility index (Phi) is 2.90. The Bertz CT molecular complexity index is 688. The van der Waals surface area contributed by atoms with Crippen molar-refractivity contribution in [3.8, 4) is 0 Å². The number of aryl methyl sites for hydroxylation is 1. The predicted molar refractivity (Wildman–Crippen MR) is 67.8 cm³/mol. The lowest BCUT2D eigenvalue weighted by atomic mass is 10.2. The van der Waals surface area contributed by atoms with Gasteiger partial charge in [0.1, 0.15) is 0 Å². The van der Waals surface area contributed by atoms with Crippen molar-refractivity contribution in [3.05, 3.63) is 30.0 Å². The molecule has 7 nitrogen and oxygen atoms in total. The average molecular weight is 281 g/mol. The highest BCUT2D eigenvalue weighted by Gasteiger charge is 2.31. The van der Waals surface area contributed by atoms with Crippen molar-refractivity contribution in [2.24, 2.45) is 0 Å². The Morgan fingerprint density at radius 2 is 2.32 bits per heavy atom. The normalized spacial score (nSPS) is 16.5. The minimum absolute atomic E-state index is 0.248. The van der Waals surface area contributed by atoms with E-state index < -0.39 is 10.0 Å². The molecule has 1 aliphatic rings. The lowest BCUT2D eigenvalue weighted by molar-refractivity contribution is 0.379. The number of sulfonamides is 1. The van der Waals surface area contributed by atoms with Crippen molar-refractivity contribution >= 4 is 10.0 Å². The number of imidazole rings is 1. The molecule has 3 rings (SSSR count). The third kappa shape index (κ3) is 1.96. The van der Waals surface area contributed by atoms with Crippen LogP contribution in [-0.4, -0.2) is 39.0 Å². The van der Waals surface area contributed by atoms with Crippen LogP contribution in [0, 0.1) is 0 Å². The zero-order valence-electron chi connectivity index (χ0n) is 10.6. The molecule has 2 aromatic rings. The van der Waals surface area contributed by atoms with Crippen LogP contribution in [0.15, 0.2) is 23.6 Å². The van der Waals surface area contributed by atoms with E-state index in [0.717, 1.165) is 11.4 Å². The molecule has 19 heavy (non-hydrogen) atoms. The van der Waals surface area contributed by atoms with Gasteiger partial charge >= 0.3 is 0 Å². The second-order valence-corrected chi connectivity index (χ2v) is 6.29. The highest BCUT2D eigenvalue weighted by Crippen LogP contribution is 2.22. The van der Waals surface area contributed by atoms with E-state index in [9.17, 15) is 8.42 Å². The smallest absolute Gasteiger partial charge is 0.260 e. The van der Waals surface area contributed by atoms with Gasteiger partial charge < -0.3 is 4.98 Å². The van der Waals surface area contributed by atoms with Gasteiger partial charge in [0.15, 0.2) is 5.03 Å². The number of fused-ring (bicyclic) bond motifs is 1. The highest BCUT2D eigenvalue weighted by atomic mass is 32.2. The molecule has 8 heteroatoms. The second kappa shape index (κ2) is 4.46. The van der Waals surface area contributed by atoms with Crippen LogP contribution < -0.4 is 0 Å². The maximum Gasteiger partial charge on any atom is 0.260 e. The minimum Gasteiger partial charge on any atom is -0.347 e. The van der Waals surface area contributed by atoms with E-state index in [1.165, 1.54) is 15.2 Å². The van der Waals surface area contributed by atoms with Crippen LogP contribution in [-0.2, 0) is 29.5 Å². The van der Waals surface area contributed by atoms with Crippen molar-refractivity contribution in [1.82, 2.24) is 24.1 Å². The summed E-state index contributed by atoms with van der Waals surface area (Å²) in [6.45, 7) is 3.20. The Morgan fingerprint density at radius 3 is 3.11 bits per heavy atom. The molecule has 0 radical (unpaired) electrons. The number of rotatable bonds is 3. The number of hydrogen-bond acceptors (Lipinski definition) is 4. The van der Waals surface area contributed by atoms with Gasteiger partial charge in [-0.05, 0) is 13.0 Å². The third-order valence-electron chi connectivity index (χ3n) is 3.32. The van der Waals surface area contributed by atoms with Gasteiger partial charge in [-0.1, -0.05) is 0 Å². The number of hydrogen-bond donors (Lipinski definition) is 1. The molecule has 1 N–H and O–H groups in total. The molecular weight excluding hydrogens is 266 g/mol. The Morgan fingerprint density at radius 1 is 1.47 bits per heavy atom. The van der Waals surface area contributed by atoms with Crippen molar-refractivity contribution in [1.29, 1.82) is 0 Å². The molecule has 0 unspecified atom stereocenters. The van der Waals surface area contributed by atoms with Gasteiger partial charge in [0.2, 0.25) is 0 Å². The molecular formula is C11H15N5O2S.